The summed E-state index contributed by atoms with van der Waals surface area (Å²) in [6.45, 7) is 5.50. The number of carbonyl (C=O) groups excluding carboxylic acids is 1. The highest BCUT2D eigenvalue weighted by Gasteiger charge is 2.11. The van der Waals surface area contributed by atoms with E-state index in [1.807, 2.05) is 17.2 Å². The van der Waals surface area contributed by atoms with Crippen LogP contribution in [0.2, 0.25) is 0 Å². The number of amides is 1. The van der Waals surface area contributed by atoms with Gasteiger partial charge in [-0.2, -0.15) is 0 Å². The maximum Gasteiger partial charge on any atom is 0.219 e. The number of H-pyrrole nitrogens is 1. The zero-order valence-corrected chi connectivity index (χ0v) is 17.8. The summed E-state index contributed by atoms with van der Waals surface area (Å²) in [5.74, 6) is 0.431. The van der Waals surface area contributed by atoms with Crippen LogP contribution in [0.3, 0.4) is 0 Å². The van der Waals surface area contributed by atoms with Gasteiger partial charge in [0, 0.05) is 37.1 Å². The fourth-order valence-electron chi connectivity index (χ4n) is 3.85. The van der Waals surface area contributed by atoms with Crippen LogP contribution < -0.4 is 0 Å². The summed E-state index contributed by atoms with van der Waals surface area (Å²) < 4.78 is 0. The molecule has 1 heterocycles. The largest absolute Gasteiger partial charge is 0.508 e. The van der Waals surface area contributed by atoms with Crippen LogP contribution in [0.5, 0.6) is 5.75 Å². The molecule has 2 N–H and O–H groups in total. The molecule has 2 rings (SSSR count). The number of nitrogens with one attached hydrogen (secondary N) is 1. The van der Waals surface area contributed by atoms with Crippen molar-refractivity contribution in [1.29, 1.82) is 0 Å². The number of nitrogens with zero attached hydrogens (tertiary/aromatic N) is 1. The van der Waals surface area contributed by atoms with E-state index in [9.17, 15) is 9.90 Å². The molecule has 0 fully saturated rings. The van der Waals surface area contributed by atoms with Crippen LogP contribution in [0.1, 0.15) is 83.6 Å². The van der Waals surface area contributed by atoms with Gasteiger partial charge in [-0.25, -0.2) is 0 Å². The van der Waals surface area contributed by atoms with Gasteiger partial charge in [-0.3, -0.25) is 4.79 Å². The van der Waals surface area contributed by atoms with Crippen molar-refractivity contribution in [2.24, 2.45) is 0 Å². The average molecular weight is 387 g/mol. The molecule has 4 heteroatoms. The summed E-state index contributed by atoms with van der Waals surface area (Å²) >= 11 is 0. The average Bonchev–Trinajstić information content (AvgIpc) is 3.07. The molecule has 1 aromatic carbocycles. The lowest BCUT2D eigenvalue weighted by atomic mass is 10.1. The molecule has 0 saturated heterocycles. The normalized spacial score (nSPS) is 11.2. The van der Waals surface area contributed by atoms with Crippen LogP contribution in [0, 0.1) is 0 Å². The van der Waals surface area contributed by atoms with Crippen molar-refractivity contribution < 1.29 is 9.90 Å². The van der Waals surface area contributed by atoms with Crippen molar-refractivity contribution in [3.63, 3.8) is 0 Å². The van der Waals surface area contributed by atoms with Gasteiger partial charge in [0.25, 0.3) is 0 Å². The van der Waals surface area contributed by atoms with Gasteiger partial charge >= 0.3 is 0 Å². The summed E-state index contributed by atoms with van der Waals surface area (Å²) in [6.07, 6.45) is 15.9. The Bertz CT molecular complexity index is 708. The van der Waals surface area contributed by atoms with Crippen molar-refractivity contribution in [2.45, 2.75) is 84.5 Å². The first-order valence-electron chi connectivity index (χ1n) is 11.2. The molecule has 0 bridgehead atoms. The van der Waals surface area contributed by atoms with Crippen molar-refractivity contribution in [3.05, 3.63) is 30.0 Å². The fraction of sp³-hybridized carbons (Fsp3) is 0.625. The summed E-state index contributed by atoms with van der Waals surface area (Å²) in [6, 6.07) is 5.37. The molecule has 4 nitrogen and oxygen atoms in total. The van der Waals surface area contributed by atoms with Gasteiger partial charge < -0.3 is 15.0 Å². The van der Waals surface area contributed by atoms with E-state index >= 15 is 0 Å². The minimum Gasteiger partial charge on any atom is -0.508 e. The van der Waals surface area contributed by atoms with E-state index in [4.69, 9.17) is 0 Å². The Morgan fingerprint density at radius 1 is 0.964 bits per heavy atom. The van der Waals surface area contributed by atoms with E-state index in [1.165, 1.54) is 57.8 Å². The third-order valence-corrected chi connectivity index (χ3v) is 5.63. The molecule has 28 heavy (non-hydrogen) atoms. The van der Waals surface area contributed by atoms with Crippen LogP contribution in [0.4, 0.5) is 0 Å². The first-order chi connectivity index (χ1) is 13.6. The number of phenols is 1. The number of aromatic nitrogens is 1. The Hall–Kier alpha value is -1.97. The number of unbranched alkanes of at least 4 members (excludes halogenated alkanes) is 9. The fourth-order valence-corrected chi connectivity index (χ4v) is 3.85. The van der Waals surface area contributed by atoms with Gasteiger partial charge in [0.1, 0.15) is 5.75 Å². The van der Waals surface area contributed by atoms with Crippen LogP contribution in [0.15, 0.2) is 24.4 Å². The summed E-state index contributed by atoms with van der Waals surface area (Å²) in [5, 5.41) is 10.8. The molecule has 0 unspecified atom stereocenters. The Morgan fingerprint density at radius 3 is 2.25 bits per heavy atom. The van der Waals surface area contributed by atoms with Gasteiger partial charge in [-0.05, 0) is 36.6 Å². The topological polar surface area (TPSA) is 56.3 Å². The van der Waals surface area contributed by atoms with Crippen molar-refractivity contribution in [1.82, 2.24) is 9.88 Å². The monoisotopic (exact) mass is 386 g/mol. The standard InChI is InChI=1S/C24H38N2O2/c1-3-4-5-6-7-8-9-10-11-12-16-26(20(2)27)17-15-21-19-25-24-14-13-22(28)18-23(21)24/h13-14,18-19,25,28H,3-12,15-17H2,1-2H3. The highest BCUT2D eigenvalue weighted by Crippen LogP contribution is 2.23. The van der Waals surface area contributed by atoms with Crippen LogP contribution in [-0.4, -0.2) is 34.0 Å². The molecule has 0 radical (unpaired) electrons. The molecule has 0 aliphatic carbocycles. The van der Waals surface area contributed by atoms with Crippen molar-refractivity contribution in [3.8, 4) is 5.75 Å². The number of aromatic amines is 1. The van der Waals surface area contributed by atoms with E-state index in [0.29, 0.717) is 0 Å². The predicted molar refractivity (Wildman–Crippen MR) is 118 cm³/mol. The Kier molecular flexibility index (Phi) is 9.95. The molecule has 0 aliphatic heterocycles. The summed E-state index contributed by atoms with van der Waals surface area (Å²) in [4.78, 5) is 17.2. The highest BCUT2D eigenvalue weighted by molar-refractivity contribution is 5.84. The lowest BCUT2D eigenvalue weighted by Crippen LogP contribution is -2.31. The van der Waals surface area contributed by atoms with E-state index in [2.05, 4.69) is 11.9 Å². The van der Waals surface area contributed by atoms with E-state index in [1.54, 1.807) is 19.1 Å². The first-order valence-corrected chi connectivity index (χ1v) is 11.2. The number of fused-ring (bicyclic) bond motifs is 1. The Labute approximate surface area is 170 Å². The van der Waals surface area contributed by atoms with Crippen LogP contribution in [0.25, 0.3) is 10.9 Å². The van der Waals surface area contributed by atoms with Crippen LogP contribution >= 0.6 is 0 Å². The lowest BCUT2D eigenvalue weighted by Gasteiger charge is -2.21. The number of phenolic OH excluding ortho intramolecular Hbond substituents is 1. The minimum atomic E-state index is 0.151. The molecular weight excluding hydrogens is 348 g/mol. The second-order valence-corrected chi connectivity index (χ2v) is 7.98. The van der Waals surface area contributed by atoms with Gasteiger partial charge in [0.15, 0.2) is 0 Å². The molecule has 1 amide bonds. The van der Waals surface area contributed by atoms with Crippen molar-refractivity contribution >= 4 is 16.8 Å². The maximum atomic E-state index is 12.0. The third kappa shape index (κ3) is 7.57. The Balaban J connectivity index is 1.65. The quantitative estimate of drug-likeness (QED) is 0.381. The van der Waals surface area contributed by atoms with Crippen molar-refractivity contribution in [2.75, 3.05) is 13.1 Å². The molecule has 2 aromatic rings. The Morgan fingerprint density at radius 2 is 1.61 bits per heavy atom. The molecule has 0 saturated carbocycles. The third-order valence-electron chi connectivity index (χ3n) is 5.63. The van der Waals surface area contributed by atoms with Gasteiger partial charge in [0.2, 0.25) is 5.91 Å². The van der Waals surface area contributed by atoms with E-state index in [0.717, 1.165) is 42.4 Å². The smallest absolute Gasteiger partial charge is 0.219 e. The van der Waals surface area contributed by atoms with Gasteiger partial charge in [0.05, 0.1) is 0 Å². The summed E-state index contributed by atoms with van der Waals surface area (Å²) in [5.41, 5.74) is 2.18. The second-order valence-electron chi connectivity index (χ2n) is 7.98. The van der Waals surface area contributed by atoms with E-state index in [-0.39, 0.29) is 11.7 Å². The molecule has 0 spiro atoms. The zero-order valence-electron chi connectivity index (χ0n) is 17.8. The number of carbonyl (C=O) groups is 1. The number of hydrogen-bond donors (Lipinski definition) is 2. The first kappa shape index (κ1) is 22.3. The van der Waals surface area contributed by atoms with E-state index < -0.39 is 0 Å². The molecule has 1 aromatic heterocycles. The minimum absolute atomic E-state index is 0.151. The number of benzene rings is 1. The summed E-state index contributed by atoms with van der Waals surface area (Å²) in [7, 11) is 0. The predicted octanol–water partition coefficient (Wildman–Crippen LogP) is 6.19. The molecule has 0 aliphatic rings. The molecule has 156 valence electrons. The SMILES string of the molecule is CCCCCCCCCCCCN(CCc1c[nH]c2ccc(O)cc12)C(C)=O. The number of rotatable bonds is 14. The van der Waals surface area contributed by atoms with Gasteiger partial charge in [-0.15, -0.1) is 0 Å². The lowest BCUT2D eigenvalue weighted by molar-refractivity contribution is -0.128. The number of hydrogen-bond acceptors (Lipinski definition) is 2. The molecular formula is C24H38N2O2. The molecule has 0 atom stereocenters. The zero-order chi connectivity index (χ0) is 20.2. The maximum absolute atomic E-state index is 12.0. The van der Waals surface area contributed by atoms with Crippen LogP contribution in [-0.2, 0) is 11.2 Å². The second kappa shape index (κ2) is 12.5. The number of aromatic hydroxyl groups is 1. The van der Waals surface area contributed by atoms with Gasteiger partial charge in [-0.1, -0.05) is 64.7 Å². The highest BCUT2D eigenvalue weighted by atomic mass is 16.3.